The van der Waals surface area contributed by atoms with Crippen molar-refractivity contribution in [1.82, 2.24) is 0 Å². The predicted molar refractivity (Wildman–Crippen MR) is 285 cm³/mol. The van der Waals surface area contributed by atoms with E-state index in [4.69, 9.17) is 32.2 Å². The van der Waals surface area contributed by atoms with Crippen LogP contribution in [0.2, 0.25) is 41.3 Å². The van der Waals surface area contributed by atoms with Crippen LogP contribution in [-0.2, 0) is 36.0 Å². The Labute approximate surface area is 409 Å². The van der Waals surface area contributed by atoms with Gasteiger partial charge >= 0.3 is 0 Å². The van der Waals surface area contributed by atoms with Gasteiger partial charge in [0, 0.05) is 37.6 Å². The summed E-state index contributed by atoms with van der Waals surface area (Å²) in [6.07, 6.45) is -0.396. The van der Waals surface area contributed by atoms with Crippen LogP contribution in [0.15, 0.2) is 109 Å². The first kappa shape index (κ1) is 56.5. The highest BCUT2D eigenvalue weighted by atomic mass is 28.4. The molecule has 0 unspecified atom stereocenters. The average Bonchev–Trinajstić information content (AvgIpc) is 3.28. The Morgan fingerprint density at radius 2 is 0.955 bits per heavy atom. The van der Waals surface area contributed by atoms with Crippen molar-refractivity contribution in [3.63, 3.8) is 0 Å². The van der Waals surface area contributed by atoms with E-state index in [1.54, 1.807) is 14.2 Å². The summed E-state index contributed by atoms with van der Waals surface area (Å²) in [6.45, 7) is 36.1. The SMILES string of the molecule is COc1ccc(CO[C@H]([C@@H](CO[Si](C)(C)C(C)(C)C)CO[Si](c2ccccc2)(c2ccccc2)C(C)(C)C)[C@H](C)[C@H](C[C@H](OCc2ccc(OC)cc2)[C@@H](C)CO)O[Si](C)(C)C(C)(C)C)cc1. The zero-order valence-electron chi connectivity index (χ0n) is 44.4. The first-order valence-corrected chi connectivity index (χ1v) is 32.2. The molecule has 0 aliphatic rings. The second-order valence-corrected chi connectivity index (χ2v) is 36.7. The van der Waals surface area contributed by atoms with Gasteiger partial charge in [0.2, 0.25) is 0 Å². The largest absolute Gasteiger partial charge is 0.497 e. The summed E-state index contributed by atoms with van der Waals surface area (Å²) in [4.78, 5) is 0. The van der Waals surface area contributed by atoms with E-state index in [0.717, 1.165) is 22.6 Å². The third-order valence-corrected chi connectivity index (χ3v) is 28.8. The standard InChI is InChI=1S/C56H88O8Si3/c1-42(37-57)51(60-38-44-28-32-47(58-12)33-29-44)36-52(64-66(16,17)55(6,7)8)43(2)53(61-39-45-30-34-48(59-13)35-31-45)46(40-62-65(14,15)54(3,4)5)41-63-67(56(9,10)11,49-24-20-18-21-25-49)50-26-22-19-23-27-50/h18-35,42-43,46,51-53,57H,36-41H2,1-17H3/t42-,43+,46-,51-,52-,53-/m0/s1. The van der Waals surface area contributed by atoms with Crippen LogP contribution in [0, 0.1) is 17.8 Å². The fourth-order valence-corrected chi connectivity index (χ4v) is 15.4. The van der Waals surface area contributed by atoms with Crippen LogP contribution in [0.5, 0.6) is 11.5 Å². The minimum Gasteiger partial charge on any atom is -0.497 e. The number of aliphatic hydroxyl groups excluding tert-OH is 1. The van der Waals surface area contributed by atoms with Gasteiger partial charge in [0.15, 0.2) is 16.6 Å². The third-order valence-electron chi connectivity index (χ3n) is 14.8. The van der Waals surface area contributed by atoms with Crippen molar-refractivity contribution in [2.24, 2.45) is 17.8 Å². The number of ether oxygens (including phenoxy) is 4. The quantitative estimate of drug-likeness (QED) is 0.0658. The Kier molecular flexibility index (Phi) is 20.4. The molecule has 4 aromatic rings. The molecule has 11 heteroatoms. The molecule has 0 spiro atoms. The smallest absolute Gasteiger partial charge is 0.261 e. The molecule has 0 bridgehead atoms. The minimum absolute atomic E-state index is 0.00960. The van der Waals surface area contributed by atoms with E-state index >= 15 is 0 Å². The topological polar surface area (TPSA) is 84.8 Å². The van der Waals surface area contributed by atoms with Gasteiger partial charge in [0.25, 0.3) is 8.32 Å². The van der Waals surface area contributed by atoms with Gasteiger partial charge in [-0.15, -0.1) is 0 Å². The highest BCUT2D eigenvalue weighted by Gasteiger charge is 2.52. The second kappa shape index (κ2) is 24.1. The highest BCUT2D eigenvalue weighted by molar-refractivity contribution is 6.99. The minimum atomic E-state index is -2.98. The van der Waals surface area contributed by atoms with Crippen molar-refractivity contribution in [3.05, 3.63) is 120 Å². The molecule has 4 aromatic carbocycles. The second-order valence-electron chi connectivity index (χ2n) is 22.8. The first-order chi connectivity index (χ1) is 31.3. The maximum absolute atomic E-state index is 10.8. The number of rotatable bonds is 25. The molecule has 0 amide bonds. The predicted octanol–water partition coefficient (Wildman–Crippen LogP) is 12.4. The molecule has 0 aromatic heterocycles. The molecule has 67 heavy (non-hydrogen) atoms. The van der Waals surface area contributed by atoms with E-state index in [1.807, 2.05) is 36.4 Å². The Morgan fingerprint density at radius 1 is 0.522 bits per heavy atom. The lowest BCUT2D eigenvalue weighted by molar-refractivity contribution is -0.101. The Hall–Kier alpha value is -3.11. The van der Waals surface area contributed by atoms with Gasteiger partial charge in [-0.25, -0.2) is 0 Å². The molecule has 0 aliphatic heterocycles. The maximum atomic E-state index is 10.8. The van der Waals surface area contributed by atoms with Gasteiger partial charge in [-0.2, -0.15) is 0 Å². The molecule has 0 heterocycles. The summed E-state index contributed by atoms with van der Waals surface area (Å²) in [5.74, 6) is 1.11. The molecule has 0 saturated carbocycles. The zero-order chi connectivity index (χ0) is 49.8. The lowest BCUT2D eigenvalue weighted by Gasteiger charge is -2.47. The van der Waals surface area contributed by atoms with E-state index in [-0.39, 0.29) is 57.8 Å². The molecule has 0 fully saturated rings. The van der Waals surface area contributed by atoms with Gasteiger partial charge in [-0.1, -0.05) is 161 Å². The Bertz CT molecular complexity index is 1980. The zero-order valence-corrected chi connectivity index (χ0v) is 47.4. The van der Waals surface area contributed by atoms with E-state index in [1.165, 1.54) is 10.4 Å². The van der Waals surface area contributed by atoms with Gasteiger partial charge in [0.05, 0.1) is 45.7 Å². The normalized spacial score (nSPS) is 15.9. The number of benzene rings is 4. The Morgan fingerprint density at radius 3 is 1.36 bits per heavy atom. The third kappa shape index (κ3) is 14.9. The van der Waals surface area contributed by atoms with Crippen LogP contribution < -0.4 is 19.8 Å². The van der Waals surface area contributed by atoms with Crippen LogP contribution in [0.4, 0.5) is 0 Å². The van der Waals surface area contributed by atoms with Crippen LogP contribution in [-0.4, -0.2) is 82.4 Å². The van der Waals surface area contributed by atoms with Gasteiger partial charge in [0.1, 0.15) is 11.5 Å². The van der Waals surface area contributed by atoms with Crippen molar-refractivity contribution in [3.8, 4) is 11.5 Å². The molecular formula is C56H88O8Si3. The van der Waals surface area contributed by atoms with Crippen molar-refractivity contribution in [1.29, 1.82) is 0 Å². The molecule has 0 saturated heterocycles. The number of hydrogen-bond acceptors (Lipinski definition) is 8. The molecule has 372 valence electrons. The molecule has 0 aliphatic carbocycles. The van der Waals surface area contributed by atoms with E-state index in [9.17, 15) is 5.11 Å². The fraction of sp³-hybridized carbons (Fsp3) is 0.571. The first-order valence-electron chi connectivity index (χ1n) is 24.5. The lowest BCUT2D eigenvalue weighted by Crippen LogP contribution is -2.67. The van der Waals surface area contributed by atoms with E-state index in [2.05, 4.69) is 175 Å². The number of methoxy groups -OCH3 is 2. The molecule has 1 N–H and O–H groups in total. The molecular weight excluding hydrogens is 885 g/mol. The van der Waals surface area contributed by atoms with Gasteiger partial charge in [-0.3, -0.25) is 0 Å². The van der Waals surface area contributed by atoms with Gasteiger partial charge in [-0.05, 0) is 93.5 Å². The van der Waals surface area contributed by atoms with E-state index in [0.29, 0.717) is 32.8 Å². The summed E-state index contributed by atoms with van der Waals surface area (Å²) in [5.41, 5.74) is 2.08. The van der Waals surface area contributed by atoms with Crippen molar-refractivity contribution >= 4 is 35.3 Å². The highest BCUT2D eigenvalue weighted by Crippen LogP contribution is 2.43. The Balaban J connectivity index is 1.92. The van der Waals surface area contributed by atoms with Crippen molar-refractivity contribution < 1.29 is 37.3 Å². The van der Waals surface area contributed by atoms with Crippen molar-refractivity contribution in [2.75, 3.05) is 34.0 Å². The number of hydrogen-bond donors (Lipinski definition) is 1. The monoisotopic (exact) mass is 973 g/mol. The fourth-order valence-electron chi connectivity index (χ4n) is 8.27. The number of aliphatic hydroxyl groups is 1. The molecule has 4 rings (SSSR count). The summed E-state index contributed by atoms with van der Waals surface area (Å²) in [6, 6.07) is 37.9. The summed E-state index contributed by atoms with van der Waals surface area (Å²) < 4.78 is 48.0. The average molecular weight is 974 g/mol. The van der Waals surface area contributed by atoms with Crippen LogP contribution >= 0.6 is 0 Å². The van der Waals surface area contributed by atoms with E-state index < -0.39 is 25.0 Å². The van der Waals surface area contributed by atoms with Crippen LogP contribution in [0.3, 0.4) is 0 Å². The summed E-state index contributed by atoms with van der Waals surface area (Å²) in [5, 5.41) is 12.9. The van der Waals surface area contributed by atoms with Gasteiger partial charge < -0.3 is 37.3 Å². The summed E-state index contributed by atoms with van der Waals surface area (Å²) >= 11 is 0. The van der Waals surface area contributed by atoms with Crippen LogP contribution in [0.25, 0.3) is 0 Å². The summed E-state index contributed by atoms with van der Waals surface area (Å²) in [7, 11) is -4.28. The maximum Gasteiger partial charge on any atom is 0.261 e. The molecule has 8 nitrogen and oxygen atoms in total. The van der Waals surface area contributed by atoms with Crippen molar-refractivity contribution in [2.45, 2.75) is 155 Å². The molecule has 6 atom stereocenters. The lowest BCUT2D eigenvalue weighted by atomic mass is 9.85. The molecule has 0 radical (unpaired) electrons. The van der Waals surface area contributed by atoms with Crippen LogP contribution in [0.1, 0.15) is 93.7 Å².